The molecule has 7 nitrogen and oxygen atoms in total. The Morgan fingerprint density at radius 3 is 2.31 bits per heavy atom. The van der Waals surface area contributed by atoms with Crippen LogP contribution in [0.1, 0.15) is 49.5 Å². The molecule has 0 N–H and O–H groups in total. The van der Waals surface area contributed by atoms with E-state index in [0.717, 1.165) is 30.7 Å². The van der Waals surface area contributed by atoms with Crippen LogP contribution in [0.4, 0.5) is 13.2 Å². The molecule has 10 heteroatoms. The smallest absolute Gasteiger partial charge is 0.182 e. The predicted octanol–water partition coefficient (Wildman–Crippen LogP) is 5.72. The molecule has 1 saturated carbocycles. The topological polar surface area (TPSA) is 78.6 Å². The van der Waals surface area contributed by atoms with Gasteiger partial charge in [0.15, 0.2) is 5.65 Å². The minimum Gasteiger partial charge on any atom is -0.381 e. The van der Waals surface area contributed by atoms with Crippen molar-refractivity contribution < 1.29 is 17.9 Å². The molecule has 0 unspecified atom stereocenters. The zero-order valence-electron chi connectivity index (χ0n) is 20.4. The Morgan fingerprint density at radius 2 is 1.72 bits per heavy atom. The highest BCUT2D eigenvalue weighted by Crippen LogP contribution is 2.33. The van der Waals surface area contributed by atoms with E-state index in [1.165, 1.54) is 37.7 Å². The Balaban J connectivity index is 0.000000156. The summed E-state index contributed by atoms with van der Waals surface area (Å²) in [4.78, 5) is 16.8. The lowest BCUT2D eigenvalue weighted by Gasteiger charge is -2.29. The number of rotatable bonds is 2. The summed E-state index contributed by atoms with van der Waals surface area (Å²) >= 11 is 0. The lowest BCUT2D eigenvalue weighted by atomic mass is 9.91. The van der Waals surface area contributed by atoms with Crippen LogP contribution < -0.4 is 0 Å². The van der Waals surface area contributed by atoms with Crippen LogP contribution in [0.3, 0.4) is 0 Å². The molecule has 36 heavy (non-hydrogen) atoms. The number of aromatic nitrogens is 6. The van der Waals surface area contributed by atoms with E-state index in [4.69, 9.17) is 4.74 Å². The van der Waals surface area contributed by atoms with Gasteiger partial charge in [-0.1, -0.05) is 0 Å². The van der Waals surface area contributed by atoms with E-state index < -0.39 is 17.8 Å². The second-order valence-corrected chi connectivity index (χ2v) is 8.79. The summed E-state index contributed by atoms with van der Waals surface area (Å²) < 4.78 is 46.1. The van der Waals surface area contributed by atoms with Crippen molar-refractivity contribution in [2.75, 3.05) is 13.2 Å². The molecule has 4 aromatic rings. The fourth-order valence-corrected chi connectivity index (χ4v) is 3.84. The van der Waals surface area contributed by atoms with E-state index in [1.807, 2.05) is 23.9 Å². The lowest BCUT2D eigenvalue weighted by molar-refractivity contribution is 0.0968. The van der Waals surface area contributed by atoms with Gasteiger partial charge < -0.3 is 4.74 Å². The Morgan fingerprint density at radius 1 is 0.972 bits per heavy atom. The second-order valence-electron chi connectivity index (χ2n) is 8.79. The molecule has 6 rings (SSSR count). The quantitative estimate of drug-likeness (QED) is 0.352. The van der Waals surface area contributed by atoms with E-state index in [2.05, 4.69) is 25.0 Å². The van der Waals surface area contributed by atoms with Gasteiger partial charge in [-0.05, 0) is 51.3 Å². The van der Waals surface area contributed by atoms with Gasteiger partial charge in [-0.2, -0.15) is 5.10 Å². The molecular weight excluding hydrogens is 469 g/mol. The van der Waals surface area contributed by atoms with Crippen LogP contribution in [0.5, 0.6) is 0 Å². The Hall–Kier alpha value is -3.40. The van der Waals surface area contributed by atoms with E-state index in [1.54, 1.807) is 13.1 Å². The predicted molar refractivity (Wildman–Crippen MR) is 130 cm³/mol. The SMILES string of the molecule is C1CCOCC1.Cc1nc2ncnc(-c3ccc(F)cc3F)c2nc1C.FC1CC(n2cccn2)C1. The molecule has 2 fully saturated rings. The van der Waals surface area contributed by atoms with Crippen molar-refractivity contribution in [3.05, 3.63) is 66.0 Å². The molecule has 0 atom stereocenters. The van der Waals surface area contributed by atoms with Crippen molar-refractivity contribution in [1.82, 2.24) is 29.7 Å². The van der Waals surface area contributed by atoms with Crippen molar-refractivity contribution in [1.29, 1.82) is 0 Å². The van der Waals surface area contributed by atoms with Gasteiger partial charge in [0.05, 0.1) is 17.4 Å². The minimum absolute atomic E-state index is 0.177. The minimum atomic E-state index is -0.690. The third-order valence-corrected chi connectivity index (χ3v) is 6.10. The van der Waals surface area contributed by atoms with Gasteiger partial charge in [0.2, 0.25) is 0 Å². The normalized spacial score (nSPS) is 18.9. The number of aryl methyl sites for hydroxylation is 2. The number of alkyl halides is 1. The van der Waals surface area contributed by atoms with Gasteiger partial charge in [0, 0.05) is 50.1 Å². The van der Waals surface area contributed by atoms with Crippen molar-refractivity contribution in [3.63, 3.8) is 0 Å². The van der Waals surface area contributed by atoms with Gasteiger partial charge in [0.25, 0.3) is 0 Å². The number of hydrogen-bond acceptors (Lipinski definition) is 6. The van der Waals surface area contributed by atoms with Gasteiger partial charge in [-0.15, -0.1) is 0 Å². The number of halogens is 3. The van der Waals surface area contributed by atoms with Crippen LogP contribution >= 0.6 is 0 Å². The average Bonchev–Trinajstić information content (AvgIpc) is 3.39. The monoisotopic (exact) mass is 498 g/mol. The molecule has 1 aromatic carbocycles. The molecule has 0 spiro atoms. The first-order valence-corrected chi connectivity index (χ1v) is 12.0. The summed E-state index contributed by atoms with van der Waals surface area (Å²) in [5.74, 6) is -1.33. The molecular formula is C26H29F3N6O. The molecule has 3 aromatic heterocycles. The van der Waals surface area contributed by atoms with E-state index in [9.17, 15) is 13.2 Å². The van der Waals surface area contributed by atoms with Crippen LogP contribution in [0, 0.1) is 25.5 Å². The maximum atomic E-state index is 13.9. The lowest BCUT2D eigenvalue weighted by Crippen LogP contribution is -2.27. The zero-order valence-corrected chi connectivity index (χ0v) is 20.4. The third kappa shape index (κ3) is 6.42. The molecule has 1 saturated heterocycles. The number of nitrogens with zero attached hydrogens (tertiary/aromatic N) is 6. The molecule has 190 valence electrons. The molecule has 1 aliphatic heterocycles. The van der Waals surface area contributed by atoms with Crippen LogP contribution in [-0.4, -0.2) is 49.1 Å². The standard InChI is InChI=1S/C14H10F2N4.C7H9FN2.C5H10O/c1-7-8(2)20-14-13(19-7)12(17-6-18-14)10-4-3-9(15)5-11(10)16;8-6-4-7(5-6)10-3-1-2-9-10;1-2-4-6-5-3-1/h3-6H,1-2H3;1-3,6-7H,4-5H2;1-5H2. The van der Waals surface area contributed by atoms with Gasteiger partial charge in [0.1, 0.15) is 35.3 Å². The number of hydrogen-bond donors (Lipinski definition) is 0. The van der Waals surface area contributed by atoms with Crippen molar-refractivity contribution in [3.8, 4) is 11.3 Å². The summed E-state index contributed by atoms with van der Waals surface area (Å²) in [7, 11) is 0. The van der Waals surface area contributed by atoms with Crippen molar-refractivity contribution in [2.45, 2.75) is 58.2 Å². The fourth-order valence-electron chi connectivity index (χ4n) is 3.84. The maximum absolute atomic E-state index is 13.9. The number of benzene rings is 1. The Labute approximate surface area is 207 Å². The first kappa shape index (κ1) is 25.7. The second kappa shape index (κ2) is 12.0. The molecule has 0 bridgehead atoms. The van der Waals surface area contributed by atoms with E-state index in [-0.39, 0.29) is 5.56 Å². The van der Waals surface area contributed by atoms with Crippen LogP contribution in [0.25, 0.3) is 22.4 Å². The molecule has 4 heterocycles. The Bertz CT molecular complexity index is 1260. The van der Waals surface area contributed by atoms with Crippen molar-refractivity contribution >= 4 is 11.2 Å². The maximum Gasteiger partial charge on any atom is 0.182 e. The van der Waals surface area contributed by atoms with Gasteiger partial charge in [-0.25, -0.2) is 33.1 Å². The average molecular weight is 499 g/mol. The van der Waals surface area contributed by atoms with Crippen LogP contribution in [-0.2, 0) is 4.74 Å². The van der Waals surface area contributed by atoms with Gasteiger partial charge >= 0.3 is 0 Å². The summed E-state index contributed by atoms with van der Waals surface area (Å²) in [5, 5.41) is 4.02. The number of ether oxygens (including phenoxy) is 1. The van der Waals surface area contributed by atoms with Gasteiger partial charge in [-0.3, -0.25) is 4.68 Å². The Kier molecular flexibility index (Phi) is 8.58. The molecule has 0 radical (unpaired) electrons. The van der Waals surface area contributed by atoms with E-state index in [0.29, 0.717) is 35.7 Å². The summed E-state index contributed by atoms with van der Waals surface area (Å²) in [6, 6.07) is 5.53. The highest BCUT2D eigenvalue weighted by atomic mass is 19.1. The summed E-state index contributed by atoms with van der Waals surface area (Å²) in [6.45, 7) is 5.63. The fraction of sp³-hybridized carbons (Fsp3) is 0.423. The highest BCUT2D eigenvalue weighted by Gasteiger charge is 2.30. The summed E-state index contributed by atoms with van der Waals surface area (Å²) in [5.41, 5.74) is 2.75. The molecule has 1 aliphatic carbocycles. The largest absolute Gasteiger partial charge is 0.381 e. The molecule has 0 amide bonds. The van der Waals surface area contributed by atoms with Crippen molar-refractivity contribution in [2.24, 2.45) is 0 Å². The first-order valence-electron chi connectivity index (χ1n) is 12.0. The van der Waals surface area contributed by atoms with Crippen LogP contribution in [0.15, 0.2) is 43.0 Å². The molecule has 2 aliphatic rings. The number of fused-ring (bicyclic) bond motifs is 1. The first-order chi connectivity index (χ1) is 17.4. The van der Waals surface area contributed by atoms with E-state index >= 15 is 0 Å². The zero-order chi connectivity index (χ0) is 25.5. The third-order valence-electron chi connectivity index (χ3n) is 6.10. The highest BCUT2D eigenvalue weighted by molar-refractivity contribution is 5.86. The van der Waals surface area contributed by atoms with Crippen LogP contribution in [0.2, 0.25) is 0 Å². The summed E-state index contributed by atoms with van der Waals surface area (Å²) in [6.07, 6.45) is 9.53.